The zero-order valence-electron chi connectivity index (χ0n) is 24.7. The van der Waals surface area contributed by atoms with Gasteiger partial charge in [0.25, 0.3) is 0 Å². The largest absolute Gasteiger partial charge is 0.483 e. The molecule has 0 aliphatic heterocycles. The van der Waals surface area contributed by atoms with Gasteiger partial charge in [-0.05, 0) is 75.6 Å². The Kier molecular flexibility index (Phi) is 13.1. The van der Waals surface area contributed by atoms with E-state index in [9.17, 15) is 13.2 Å². The van der Waals surface area contributed by atoms with Crippen LogP contribution >= 0.6 is 0 Å². The summed E-state index contributed by atoms with van der Waals surface area (Å²) in [6.07, 6.45) is 1.19. The summed E-state index contributed by atoms with van der Waals surface area (Å²) < 4.78 is 45.5. The molecule has 0 aliphatic rings. The number of aromatic nitrogens is 2. The van der Waals surface area contributed by atoms with Crippen LogP contribution in [0, 0.1) is 6.92 Å². The van der Waals surface area contributed by atoms with E-state index in [4.69, 9.17) is 4.74 Å². The summed E-state index contributed by atoms with van der Waals surface area (Å²) >= 11 is 0. The average Bonchev–Trinajstić information content (AvgIpc) is 3.18. The zero-order chi connectivity index (χ0) is 29.1. The molecule has 0 bridgehead atoms. The summed E-state index contributed by atoms with van der Waals surface area (Å²) in [4.78, 5) is 2.18. The summed E-state index contributed by atoms with van der Waals surface area (Å²) in [5.74, 6) is 0.859. The van der Waals surface area contributed by atoms with Crippen molar-refractivity contribution in [2.45, 2.75) is 92.6 Å². The fourth-order valence-corrected chi connectivity index (χ4v) is 3.96. The van der Waals surface area contributed by atoms with Gasteiger partial charge in [0, 0.05) is 20.1 Å². The first-order valence-electron chi connectivity index (χ1n) is 13.3. The lowest BCUT2D eigenvalue weighted by Gasteiger charge is -2.30. The van der Waals surface area contributed by atoms with E-state index in [2.05, 4.69) is 56.4 Å². The van der Waals surface area contributed by atoms with Crippen LogP contribution in [0.3, 0.4) is 0 Å². The molecule has 0 saturated carbocycles. The number of hydrogen-bond acceptors (Lipinski definition) is 3. The number of aryl methyl sites for hydroxylation is 2. The molecule has 38 heavy (non-hydrogen) atoms. The predicted molar refractivity (Wildman–Crippen MR) is 153 cm³/mol. The number of benzene rings is 1. The molecule has 7 heteroatoms. The van der Waals surface area contributed by atoms with Crippen molar-refractivity contribution in [3.63, 3.8) is 0 Å². The van der Waals surface area contributed by atoms with Crippen molar-refractivity contribution < 1.29 is 17.9 Å². The van der Waals surface area contributed by atoms with Gasteiger partial charge in [0.15, 0.2) is 0 Å². The standard InChI is InChI=1S/C29H40F3N3O.C2H6/c1-9-12-22(4)28(5,6)36-27-15-14-23(17-21(27)3)19-34(7)20-25-18-26(33-35(25)8)24(10-2)13-11-16-29(30,31)32;1-2/h10-11,13-15,17-18H,4,9,12,16,19-20H2,1-3,5-8H3;1-2H3/b13-11-,24-10+;. The molecular weight excluding hydrogens is 487 g/mol. The first-order chi connectivity index (χ1) is 17.8. The van der Waals surface area contributed by atoms with Crippen molar-refractivity contribution in [1.82, 2.24) is 14.7 Å². The van der Waals surface area contributed by atoms with Gasteiger partial charge in [0.2, 0.25) is 0 Å². The molecule has 0 fully saturated rings. The van der Waals surface area contributed by atoms with Gasteiger partial charge in [-0.2, -0.15) is 18.3 Å². The van der Waals surface area contributed by atoms with Crippen LogP contribution in [0.2, 0.25) is 0 Å². The third-order valence-corrected chi connectivity index (χ3v) is 6.12. The van der Waals surface area contributed by atoms with Gasteiger partial charge in [-0.15, -0.1) is 0 Å². The summed E-state index contributed by atoms with van der Waals surface area (Å²) in [5, 5.41) is 4.51. The predicted octanol–water partition coefficient (Wildman–Crippen LogP) is 8.81. The Morgan fingerprint density at radius 1 is 1.16 bits per heavy atom. The molecule has 0 amide bonds. The summed E-state index contributed by atoms with van der Waals surface area (Å²) in [6, 6.07) is 8.17. The van der Waals surface area contributed by atoms with E-state index in [1.165, 1.54) is 11.6 Å². The Morgan fingerprint density at radius 3 is 2.37 bits per heavy atom. The molecular formula is C31H46F3N3O. The van der Waals surface area contributed by atoms with Crippen LogP contribution in [0.4, 0.5) is 13.2 Å². The Morgan fingerprint density at radius 2 is 1.82 bits per heavy atom. The molecule has 2 aromatic rings. The van der Waals surface area contributed by atoms with Crippen LogP contribution in [-0.2, 0) is 20.1 Å². The second-order valence-electron chi connectivity index (χ2n) is 9.85. The lowest BCUT2D eigenvalue weighted by molar-refractivity contribution is -0.125. The van der Waals surface area contributed by atoms with Crippen LogP contribution in [-0.4, -0.2) is 33.5 Å². The highest BCUT2D eigenvalue weighted by Gasteiger charge is 2.25. The molecule has 0 saturated heterocycles. The van der Waals surface area contributed by atoms with Gasteiger partial charge in [0.05, 0.1) is 17.8 Å². The first-order valence-corrected chi connectivity index (χ1v) is 13.3. The number of rotatable bonds is 12. The molecule has 0 atom stereocenters. The normalized spacial score (nSPS) is 12.6. The molecule has 0 radical (unpaired) electrons. The van der Waals surface area contributed by atoms with Crippen molar-refractivity contribution in [3.8, 4) is 5.75 Å². The van der Waals surface area contributed by atoms with Gasteiger partial charge >= 0.3 is 6.18 Å². The number of allylic oxidation sites excluding steroid dienone is 4. The smallest absolute Gasteiger partial charge is 0.392 e. The molecule has 4 nitrogen and oxygen atoms in total. The SMILES string of the molecule is C=C(CCC)C(C)(C)Oc1ccc(CN(C)Cc2cc(C(/C=C\CC(F)(F)F)=C/C)nn2C)cc1C.CC. The number of ether oxygens (including phenoxy) is 1. The molecule has 0 unspecified atom stereocenters. The fourth-order valence-electron chi connectivity index (χ4n) is 3.96. The van der Waals surface area contributed by atoms with E-state index < -0.39 is 18.2 Å². The summed E-state index contributed by atoms with van der Waals surface area (Å²) in [5.41, 5.74) is 5.20. The van der Waals surface area contributed by atoms with Gasteiger partial charge < -0.3 is 4.74 Å². The Hall–Kier alpha value is -2.80. The maximum atomic E-state index is 12.5. The second kappa shape index (κ2) is 15.0. The molecule has 212 valence electrons. The minimum Gasteiger partial charge on any atom is -0.483 e. The van der Waals surface area contributed by atoms with E-state index in [-0.39, 0.29) is 0 Å². The van der Waals surface area contributed by atoms with E-state index in [1.54, 1.807) is 17.7 Å². The van der Waals surface area contributed by atoms with Crippen LogP contribution in [0.1, 0.15) is 83.3 Å². The fraction of sp³-hybridized carbons (Fsp3) is 0.516. The van der Waals surface area contributed by atoms with Gasteiger partial charge in [-0.1, -0.05) is 64.1 Å². The minimum absolute atomic E-state index is 0.427. The molecule has 1 heterocycles. The maximum absolute atomic E-state index is 12.5. The van der Waals surface area contributed by atoms with Crippen LogP contribution in [0.25, 0.3) is 5.57 Å². The Labute approximate surface area is 227 Å². The number of hydrogen-bond donors (Lipinski definition) is 0. The Bertz CT molecular complexity index is 1090. The van der Waals surface area contributed by atoms with Gasteiger partial charge in [0.1, 0.15) is 11.4 Å². The first kappa shape index (κ1) is 33.2. The highest BCUT2D eigenvalue weighted by molar-refractivity contribution is 5.71. The van der Waals surface area contributed by atoms with E-state index in [1.807, 2.05) is 40.1 Å². The van der Waals surface area contributed by atoms with Crippen molar-refractivity contribution in [2.75, 3.05) is 7.05 Å². The minimum atomic E-state index is -4.21. The number of nitrogens with zero attached hydrogens (tertiary/aromatic N) is 3. The highest BCUT2D eigenvalue weighted by Crippen LogP contribution is 2.30. The highest BCUT2D eigenvalue weighted by atomic mass is 19.4. The molecule has 0 N–H and O–H groups in total. The maximum Gasteiger partial charge on any atom is 0.392 e. The van der Waals surface area contributed by atoms with Gasteiger partial charge in [-0.25, -0.2) is 0 Å². The molecule has 2 rings (SSSR count). The number of halogens is 3. The third kappa shape index (κ3) is 10.5. The molecule has 1 aromatic heterocycles. The van der Waals surface area contributed by atoms with Crippen LogP contribution < -0.4 is 4.74 Å². The zero-order valence-corrected chi connectivity index (χ0v) is 24.7. The summed E-state index contributed by atoms with van der Waals surface area (Å²) in [6.45, 7) is 19.7. The monoisotopic (exact) mass is 533 g/mol. The van der Waals surface area contributed by atoms with E-state index >= 15 is 0 Å². The molecule has 1 aromatic carbocycles. The second-order valence-corrected chi connectivity index (χ2v) is 9.85. The van der Waals surface area contributed by atoms with Crippen molar-refractivity contribution in [2.24, 2.45) is 7.05 Å². The third-order valence-electron chi connectivity index (χ3n) is 6.12. The topological polar surface area (TPSA) is 30.3 Å². The van der Waals surface area contributed by atoms with Crippen molar-refractivity contribution >= 4 is 5.57 Å². The average molecular weight is 534 g/mol. The lowest BCUT2D eigenvalue weighted by atomic mass is 9.95. The van der Waals surface area contributed by atoms with Crippen molar-refractivity contribution in [1.29, 1.82) is 0 Å². The van der Waals surface area contributed by atoms with E-state index in [0.29, 0.717) is 17.8 Å². The van der Waals surface area contributed by atoms with Crippen LogP contribution in [0.15, 0.2) is 54.6 Å². The van der Waals surface area contributed by atoms with Gasteiger partial charge in [-0.3, -0.25) is 9.58 Å². The molecule has 0 aliphatic carbocycles. The summed E-state index contributed by atoms with van der Waals surface area (Å²) in [7, 11) is 3.88. The quantitative estimate of drug-likeness (QED) is 0.202. The van der Waals surface area contributed by atoms with Crippen molar-refractivity contribution in [3.05, 3.63) is 77.2 Å². The van der Waals surface area contributed by atoms with Crippen LogP contribution in [0.5, 0.6) is 5.75 Å². The lowest BCUT2D eigenvalue weighted by Crippen LogP contribution is -2.30. The Balaban J connectivity index is 0.00000352. The molecule has 0 spiro atoms. The van der Waals surface area contributed by atoms with E-state index in [0.717, 1.165) is 48.0 Å². The number of alkyl halides is 3.